The van der Waals surface area contributed by atoms with Crippen molar-refractivity contribution in [3.8, 4) is 11.1 Å². The number of non-ortho nitro benzene ring substituents is 1. The summed E-state index contributed by atoms with van der Waals surface area (Å²) in [5.41, 5.74) is 4.28. The van der Waals surface area contributed by atoms with E-state index in [1.165, 1.54) is 24.3 Å². The summed E-state index contributed by atoms with van der Waals surface area (Å²) in [5, 5.41) is 14.0. The van der Waals surface area contributed by atoms with Gasteiger partial charge in [0.2, 0.25) is 5.91 Å². The molecule has 0 saturated carbocycles. The van der Waals surface area contributed by atoms with E-state index in [0.717, 1.165) is 22.3 Å². The van der Waals surface area contributed by atoms with Crippen molar-refractivity contribution in [2.24, 2.45) is 0 Å². The van der Waals surface area contributed by atoms with Crippen molar-refractivity contribution in [1.29, 1.82) is 0 Å². The second-order valence-electron chi connectivity index (χ2n) is 10.4. The van der Waals surface area contributed by atoms with E-state index in [2.05, 4.69) is 5.32 Å². The molecule has 0 aromatic heterocycles. The van der Waals surface area contributed by atoms with E-state index in [-0.39, 0.29) is 12.1 Å². The number of carbonyl (C=O) groups excluding carboxylic acids is 3. The molecule has 0 spiro atoms. The van der Waals surface area contributed by atoms with Crippen LogP contribution in [0, 0.1) is 10.1 Å². The van der Waals surface area contributed by atoms with Crippen molar-refractivity contribution >= 4 is 23.3 Å². The second-order valence-corrected chi connectivity index (χ2v) is 10.4. The Morgan fingerprint density at radius 1 is 0.667 bits per heavy atom. The Bertz CT molecular complexity index is 1720. The van der Waals surface area contributed by atoms with Gasteiger partial charge in [-0.3, -0.25) is 19.7 Å². The predicted octanol–water partition coefficient (Wildman–Crippen LogP) is 6.55. The summed E-state index contributed by atoms with van der Waals surface area (Å²) >= 11 is 0. The molecule has 5 aromatic carbocycles. The molecule has 0 aliphatic rings. The Morgan fingerprint density at radius 3 is 1.71 bits per heavy atom. The second kappa shape index (κ2) is 14.5. The smallest absolute Gasteiger partial charge is 0.329 e. The Balaban J connectivity index is 1.34. The number of nitrogens with one attached hydrogen (secondary N) is 1. The lowest BCUT2D eigenvalue weighted by Crippen LogP contribution is -2.45. The molecule has 0 fully saturated rings. The number of nitrogens with zero attached hydrogens (tertiary/aromatic N) is 1. The van der Waals surface area contributed by atoms with Crippen molar-refractivity contribution in [3.05, 3.63) is 172 Å². The van der Waals surface area contributed by atoms with Crippen LogP contribution in [0.4, 0.5) is 5.69 Å². The van der Waals surface area contributed by atoms with E-state index in [0.29, 0.717) is 11.1 Å². The van der Waals surface area contributed by atoms with Crippen LogP contribution >= 0.6 is 0 Å². The molecule has 0 unspecified atom stereocenters. The normalized spacial score (nSPS) is 11.4. The SMILES string of the molecule is O=C(COC(=O)[C@@H](Cc1ccc([N+](=O)[O-])cc1)NC(=O)C(c1ccccc1)c1ccccc1)c1ccc(-c2ccccc2)cc1. The van der Waals surface area contributed by atoms with Crippen LogP contribution in [-0.4, -0.2) is 35.2 Å². The zero-order valence-corrected chi connectivity index (χ0v) is 24.2. The van der Waals surface area contributed by atoms with Gasteiger partial charge in [-0.15, -0.1) is 0 Å². The van der Waals surface area contributed by atoms with Gasteiger partial charge in [-0.1, -0.05) is 127 Å². The molecule has 0 aliphatic heterocycles. The summed E-state index contributed by atoms with van der Waals surface area (Å²) in [6.45, 7) is -0.517. The molecule has 224 valence electrons. The highest BCUT2D eigenvalue weighted by atomic mass is 16.6. The van der Waals surface area contributed by atoms with Gasteiger partial charge in [-0.05, 0) is 27.8 Å². The number of ketones is 1. The fourth-order valence-corrected chi connectivity index (χ4v) is 5.02. The average Bonchev–Trinajstić information content (AvgIpc) is 3.08. The lowest BCUT2D eigenvalue weighted by molar-refractivity contribution is -0.384. The molecular formula is C37H30N2O6. The summed E-state index contributed by atoms with van der Waals surface area (Å²) < 4.78 is 5.45. The van der Waals surface area contributed by atoms with Crippen molar-refractivity contribution < 1.29 is 24.0 Å². The first kappa shape index (κ1) is 30.6. The maximum Gasteiger partial charge on any atom is 0.329 e. The third-order valence-corrected chi connectivity index (χ3v) is 7.38. The number of nitro groups is 1. The van der Waals surface area contributed by atoms with Crippen LogP contribution in [0.25, 0.3) is 11.1 Å². The van der Waals surface area contributed by atoms with Crippen LogP contribution in [0.15, 0.2) is 140 Å². The van der Waals surface area contributed by atoms with E-state index >= 15 is 0 Å². The number of Topliss-reactive ketones (excluding diaryl/α,β-unsaturated/α-hetero) is 1. The van der Waals surface area contributed by atoms with E-state index in [1.807, 2.05) is 103 Å². The summed E-state index contributed by atoms with van der Waals surface area (Å²) in [6.07, 6.45) is -0.00116. The van der Waals surface area contributed by atoms with Crippen LogP contribution in [0.1, 0.15) is 33.0 Å². The molecular weight excluding hydrogens is 568 g/mol. The lowest BCUT2D eigenvalue weighted by atomic mass is 9.90. The largest absolute Gasteiger partial charge is 0.456 e. The monoisotopic (exact) mass is 598 g/mol. The molecule has 0 heterocycles. The number of esters is 1. The number of rotatable bonds is 12. The summed E-state index contributed by atoms with van der Waals surface area (Å²) in [6, 6.07) is 39.7. The van der Waals surface area contributed by atoms with Crippen molar-refractivity contribution in [1.82, 2.24) is 5.32 Å². The summed E-state index contributed by atoms with van der Waals surface area (Å²) in [7, 11) is 0. The fraction of sp³-hybridized carbons (Fsp3) is 0.108. The third kappa shape index (κ3) is 7.94. The highest BCUT2D eigenvalue weighted by Crippen LogP contribution is 2.25. The molecule has 1 atom stereocenters. The van der Waals surface area contributed by atoms with Gasteiger partial charge < -0.3 is 10.1 Å². The topological polar surface area (TPSA) is 116 Å². The highest BCUT2D eigenvalue weighted by Gasteiger charge is 2.29. The molecule has 0 aliphatic carbocycles. The number of nitro benzene ring substituents is 1. The zero-order chi connectivity index (χ0) is 31.6. The van der Waals surface area contributed by atoms with E-state index in [1.54, 1.807) is 12.1 Å². The highest BCUT2D eigenvalue weighted by molar-refractivity contribution is 5.99. The minimum atomic E-state index is -1.16. The minimum absolute atomic E-state index is 0.00116. The molecule has 45 heavy (non-hydrogen) atoms. The van der Waals surface area contributed by atoms with Crippen molar-refractivity contribution in [2.75, 3.05) is 6.61 Å². The molecule has 8 heteroatoms. The van der Waals surface area contributed by atoms with Crippen LogP contribution < -0.4 is 5.32 Å². The quantitative estimate of drug-likeness (QED) is 0.0754. The zero-order valence-electron chi connectivity index (χ0n) is 24.2. The number of hydrogen-bond acceptors (Lipinski definition) is 6. The van der Waals surface area contributed by atoms with Crippen molar-refractivity contribution in [2.45, 2.75) is 18.4 Å². The van der Waals surface area contributed by atoms with Gasteiger partial charge in [0.15, 0.2) is 12.4 Å². The molecule has 5 aromatic rings. The number of carbonyl (C=O) groups is 3. The third-order valence-electron chi connectivity index (χ3n) is 7.38. The minimum Gasteiger partial charge on any atom is -0.456 e. The summed E-state index contributed by atoms with van der Waals surface area (Å²) in [4.78, 5) is 50.8. The molecule has 5 rings (SSSR count). The van der Waals surface area contributed by atoms with Gasteiger partial charge in [0.05, 0.1) is 10.8 Å². The predicted molar refractivity (Wildman–Crippen MR) is 171 cm³/mol. The average molecular weight is 599 g/mol. The van der Waals surface area contributed by atoms with Crippen LogP contribution in [0.3, 0.4) is 0 Å². The fourth-order valence-electron chi connectivity index (χ4n) is 5.02. The van der Waals surface area contributed by atoms with Crippen LogP contribution in [0.5, 0.6) is 0 Å². The lowest BCUT2D eigenvalue weighted by Gasteiger charge is -2.23. The first-order valence-electron chi connectivity index (χ1n) is 14.4. The van der Waals surface area contributed by atoms with Gasteiger partial charge >= 0.3 is 5.97 Å². The van der Waals surface area contributed by atoms with Gasteiger partial charge in [-0.25, -0.2) is 4.79 Å². The maximum absolute atomic E-state index is 13.8. The molecule has 0 radical (unpaired) electrons. The maximum atomic E-state index is 13.8. The number of hydrogen-bond donors (Lipinski definition) is 1. The van der Waals surface area contributed by atoms with Gasteiger partial charge in [0, 0.05) is 24.1 Å². The molecule has 1 amide bonds. The molecule has 1 N–H and O–H groups in total. The van der Waals surface area contributed by atoms with E-state index in [4.69, 9.17) is 4.74 Å². The Hall–Kier alpha value is -5.89. The number of ether oxygens (including phenoxy) is 1. The standard InChI is InChI=1S/C37H30N2O6/c40-34(29-20-18-28(19-21-29)27-10-4-1-5-11-27)25-45-37(42)33(24-26-16-22-32(23-17-26)39(43)44)38-36(41)35(30-12-6-2-7-13-30)31-14-8-3-9-15-31/h1-23,33,35H,24-25H2,(H,38,41)/t33-/m1/s1. The van der Waals surface area contributed by atoms with E-state index in [9.17, 15) is 24.5 Å². The molecule has 0 bridgehead atoms. The van der Waals surface area contributed by atoms with Gasteiger partial charge in [0.1, 0.15) is 6.04 Å². The van der Waals surface area contributed by atoms with Gasteiger partial charge in [0.25, 0.3) is 5.69 Å². The van der Waals surface area contributed by atoms with Gasteiger partial charge in [-0.2, -0.15) is 0 Å². The van der Waals surface area contributed by atoms with E-state index < -0.39 is 41.1 Å². The Labute approximate surface area is 260 Å². The molecule has 0 saturated heterocycles. The molecule has 8 nitrogen and oxygen atoms in total. The first-order valence-corrected chi connectivity index (χ1v) is 14.4. The van der Waals surface area contributed by atoms with Crippen molar-refractivity contribution in [3.63, 3.8) is 0 Å². The number of amides is 1. The van der Waals surface area contributed by atoms with Crippen LogP contribution in [-0.2, 0) is 20.7 Å². The number of benzene rings is 5. The first-order chi connectivity index (χ1) is 21.9. The Morgan fingerprint density at radius 2 is 1.18 bits per heavy atom. The Kier molecular flexibility index (Phi) is 9.87. The van der Waals surface area contributed by atoms with Crippen LogP contribution in [0.2, 0.25) is 0 Å². The summed E-state index contributed by atoms with van der Waals surface area (Å²) in [5.74, 6) is -2.34.